The molecule has 0 saturated heterocycles. The molecule has 142 valence electrons. The average Bonchev–Trinajstić information content (AvgIpc) is 2.74. The molecule has 4 nitrogen and oxygen atoms in total. The summed E-state index contributed by atoms with van der Waals surface area (Å²) in [7, 11) is 0. The molecule has 0 heterocycles. The molecule has 1 N–H and O–H groups in total. The maximum absolute atomic E-state index is 12.9. The first kappa shape index (κ1) is 19.6. The number of carbonyl (C=O) groups excluding carboxylic acids is 2. The van der Waals surface area contributed by atoms with E-state index in [0.29, 0.717) is 34.9 Å². The van der Waals surface area contributed by atoms with Gasteiger partial charge in [-0.05, 0) is 55.0 Å². The van der Waals surface area contributed by atoms with Crippen molar-refractivity contribution in [2.45, 2.75) is 13.5 Å². The van der Waals surface area contributed by atoms with Crippen molar-refractivity contribution < 1.29 is 9.59 Å². The highest BCUT2D eigenvalue weighted by molar-refractivity contribution is 6.30. The monoisotopic (exact) mass is 392 g/mol. The smallest absolute Gasteiger partial charge is 0.255 e. The first-order chi connectivity index (χ1) is 13.6. The van der Waals surface area contributed by atoms with E-state index in [1.54, 1.807) is 53.4 Å². The fourth-order valence-electron chi connectivity index (χ4n) is 2.84. The molecule has 3 aromatic carbocycles. The van der Waals surface area contributed by atoms with Crippen LogP contribution < -0.4 is 5.32 Å². The van der Waals surface area contributed by atoms with Crippen molar-refractivity contribution in [1.29, 1.82) is 0 Å². The molecule has 0 aliphatic rings. The van der Waals surface area contributed by atoms with Crippen molar-refractivity contribution >= 4 is 29.1 Å². The third-order valence-electron chi connectivity index (χ3n) is 4.36. The highest BCUT2D eigenvalue weighted by atomic mass is 35.5. The number of benzene rings is 3. The van der Waals surface area contributed by atoms with Gasteiger partial charge in [-0.15, -0.1) is 0 Å². The maximum Gasteiger partial charge on any atom is 0.255 e. The third kappa shape index (κ3) is 4.99. The van der Waals surface area contributed by atoms with Crippen molar-refractivity contribution in [3.05, 3.63) is 101 Å². The van der Waals surface area contributed by atoms with Crippen LogP contribution >= 0.6 is 11.6 Å². The summed E-state index contributed by atoms with van der Waals surface area (Å²) >= 11 is 5.87. The lowest BCUT2D eigenvalue weighted by atomic mass is 10.1. The zero-order chi connectivity index (χ0) is 19.9. The normalized spacial score (nSPS) is 10.4. The minimum atomic E-state index is -0.275. The summed E-state index contributed by atoms with van der Waals surface area (Å²) in [5, 5.41) is 3.41. The highest BCUT2D eigenvalue weighted by Crippen LogP contribution is 2.16. The Morgan fingerprint density at radius 2 is 1.57 bits per heavy atom. The molecule has 3 aromatic rings. The van der Waals surface area contributed by atoms with E-state index < -0.39 is 0 Å². The molecule has 2 amide bonds. The molecule has 0 aliphatic carbocycles. The van der Waals surface area contributed by atoms with E-state index in [4.69, 9.17) is 11.6 Å². The number of halogens is 1. The summed E-state index contributed by atoms with van der Waals surface area (Å²) < 4.78 is 0. The van der Waals surface area contributed by atoms with Crippen LogP contribution in [0.4, 0.5) is 5.69 Å². The Balaban J connectivity index is 1.74. The predicted molar refractivity (Wildman–Crippen MR) is 113 cm³/mol. The average molecular weight is 393 g/mol. The number of hydrogen-bond acceptors (Lipinski definition) is 2. The Hall–Kier alpha value is -3.11. The van der Waals surface area contributed by atoms with E-state index in [9.17, 15) is 9.59 Å². The SMILES string of the molecule is CCN(Cc1ccccc1)C(=O)c1cccc(C(=O)Nc2ccc(Cl)cc2)c1. The van der Waals surface area contributed by atoms with Gasteiger partial charge in [0, 0.05) is 34.9 Å². The van der Waals surface area contributed by atoms with Crippen molar-refractivity contribution in [1.82, 2.24) is 4.90 Å². The zero-order valence-corrected chi connectivity index (χ0v) is 16.3. The number of rotatable bonds is 6. The van der Waals surface area contributed by atoms with Crippen LogP contribution in [0, 0.1) is 0 Å². The van der Waals surface area contributed by atoms with E-state index in [2.05, 4.69) is 5.32 Å². The summed E-state index contributed by atoms with van der Waals surface area (Å²) in [4.78, 5) is 27.2. The largest absolute Gasteiger partial charge is 0.335 e. The quantitative estimate of drug-likeness (QED) is 0.622. The number of amides is 2. The van der Waals surface area contributed by atoms with Gasteiger partial charge in [0.25, 0.3) is 11.8 Å². The van der Waals surface area contributed by atoms with Crippen LogP contribution in [0.3, 0.4) is 0 Å². The number of nitrogens with zero attached hydrogens (tertiary/aromatic N) is 1. The molecule has 0 spiro atoms. The predicted octanol–water partition coefficient (Wildman–Crippen LogP) is 5.25. The van der Waals surface area contributed by atoms with Crippen LogP contribution in [0.2, 0.25) is 5.02 Å². The second-order valence-electron chi connectivity index (χ2n) is 6.35. The van der Waals surface area contributed by atoms with Crippen LogP contribution in [0.25, 0.3) is 0 Å². The van der Waals surface area contributed by atoms with Gasteiger partial charge in [0.1, 0.15) is 0 Å². The van der Waals surface area contributed by atoms with E-state index >= 15 is 0 Å². The lowest BCUT2D eigenvalue weighted by Gasteiger charge is -2.21. The van der Waals surface area contributed by atoms with Crippen molar-refractivity contribution in [3.63, 3.8) is 0 Å². The van der Waals surface area contributed by atoms with Gasteiger partial charge in [-0.1, -0.05) is 48.0 Å². The topological polar surface area (TPSA) is 49.4 Å². The fraction of sp³-hybridized carbons (Fsp3) is 0.130. The van der Waals surface area contributed by atoms with Gasteiger partial charge in [0.15, 0.2) is 0 Å². The van der Waals surface area contributed by atoms with Crippen LogP contribution in [0.1, 0.15) is 33.2 Å². The third-order valence-corrected chi connectivity index (χ3v) is 4.61. The number of carbonyl (C=O) groups is 2. The fourth-order valence-corrected chi connectivity index (χ4v) is 2.97. The van der Waals surface area contributed by atoms with Gasteiger partial charge in [0.05, 0.1) is 0 Å². The Morgan fingerprint density at radius 1 is 0.893 bits per heavy atom. The number of hydrogen-bond donors (Lipinski definition) is 1. The number of nitrogens with one attached hydrogen (secondary N) is 1. The van der Waals surface area contributed by atoms with Gasteiger partial charge in [-0.25, -0.2) is 0 Å². The molecular formula is C23H21ClN2O2. The Morgan fingerprint density at radius 3 is 2.25 bits per heavy atom. The van der Waals surface area contributed by atoms with E-state index in [0.717, 1.165) is 5.56 Å². The summed E-state index contributed by atoms with van der Waals surface area (Å²) in [5.41, 5.74) is 2.62. The molecule has 0 radical (unpaired) electrons. The molecule has 3 rings (SSSR count). The Kier molecular flexibility index (Phi) is 6.45. The van der Waals surface area contributed by atoms with Gasteiger partial charge < -0.3 is 10.2 Å². The molecule has 0 aromatic heterocycles. The maximum atomic E-state index is 12.9. The van der Waals surface area contributed by atoms with Crippen LogP contribution in [0.5, 0.6) is 0 Å². The molecule has 0 bridgehead atoms. The molecule has 0 atom stereocenters. The van der Waals surface area contributed by atoms with Gasteiger partial charge in [-0.3, -0.25) is 9.59 Å². The second-order valence-corrected chi connectivity index (χ2v) is 6.78. The van der Waals surface area contributed by atoms with Crippen LogP contribution in [0.15, 0.2) is 78.9 Å². The first-order valence-corrected chi connectivity index (χ1v) is 9.45. The molecule has 5 heteroatoms. The van der Waals surface area contributed by atoms with E-state index in [1.165, 1.54) is 0 Å². The van der Waals surface area contributed by atoms with Gasteiger partial charge in [-0.2, -0.15) is 0 Å². The minimum absolute atomic E-state index is 0.104. The van der Waals surface area contributed by atoms with Crippen LogP contribution in [-0.4, -0.2) is 23.3 Å². The van der Waals surface area contributed by atoms with Crippen molar-refractivity contribution in [3.8, 4) is 0 Å². The number of anilines is 1. The summed E-state index contributed by atoms with van der Waals surface area (Å²) in [6.45, 7) is 3.05. The molecule has 0 aliphatic heterocycles. The summed E-state index contributed by atoms with van der Waals surface area (Å²) in [5.74, 6) is -0.379. The highest BCUT2D eigenvalue weighted by Gasteiger charge is 2.16. The molecule has 28 heavy (non-hydrogen) atoms. The minimum Gasteiger partial charge on any atom is -0.335 e. The lowest BCUT2D eigenvalue weighted by molar-refractivity contribution is 0.0752. The van der Waals surface area contributed by atoms with Gasteiger partial charge in [0.2, 0.25) is 0 Å². The van der Waals surface area contributed by atoms with Crippen molar-refractivity contribution in [2.75, 3.05) is 11.9 Å². The Labute approximate surface area is 169 Å². The molecule has 0 saturated carbocycles. The standard InChI is InChI=1S/C23H21ClN2O2/c1-2-26(16-17-7-4-3-5-8-17)23(28)19-10-6-9-18(15-19)22(27)25-21-13-11-20(24)12-14-21/h3-15H,2,16H2,1H3,(H,25,27). The Bertz CT molecular complexity index is 956. The second kappa shape index (κ2) is 9.20. The van der Waals surface area contributed by atoms with Gasteiger partial charge >= 0.3 is 0 Å². The zero-order valence-electron chi connectivity index (χ0n) is 15.6. The summed E-state index contributed by atoms with van der Waals surface area (Å²) in [6, 6.07) is 23.5. The molecule has 0 unspecified atom stereocenters. The lowest BCUT2D eigenvalue weighted by Crippen LogP contribution is -2.30. The van der Waals surface area contributed by atoms with Crippen LogP contribution in [-0.2, 0) is 6.54 Å². The summed E-state index contributed by atoms with van der Waals surface area (Å²) in [6.07, 6.45) is 0. The molecular weight excluding hydrogens is 372 g/mol. The molecule has 0 fully saturated rings. The first-order valence-electron chi connectivity index (χ1n) is 9.07. The van der Waals surface area contributed by atoms with Crippen molar-refractivity contribution in [2.24, 2.45) is 0 Å². The van der Waals surface area contributed by atoms with E-state index in [-0.39, 0.29) is 11.8 Å². The van der Waals surface area contributed by atoms with E-state index in [1.807, 2.05) is 37.3 Å².